The van der Waals surface area contributed by atoms with E-state index >= 15 is 0 Å². The molecule has 1 aliphatic carbocycles. The number of carbonyl (C=O) groups excluding carboxylic acids is 1. The highest BCUT2D eigenvalue weighted by molar-refractivity contribution is 6.31. The lowest BCUT2D eigenvalue weighted by atomic mass is 9.92. The molecule has 2 rings (SSSR count). The molecule has 0 saturated heterocycles. The fraction of sp³-hybridized carbons (Fsp3) is 0.533. The molecular weight excluding hydrogens is 262 g/mol. The smallest absolute Gasteiger partial charge is 0.255 e. The van der Waals surface area contributed by atoms with Crippen molar-refractivity contribution >= 4 is 17.5 Å². The van der Waals surface area contributed by atoms with Crippen LogP contribution in [0.5, 0.6) is 5.75 Å². The molecule has 0 bridgehead atoms. The van der Waals surface area contributed by atoms with E-state index in [1.807, 2.05) is 0 Å². The summed E-state index contributed by atoms with van der Waals surface area (Å²) in [6.07, 6.45) is 3.19. The van der Waals surface area contributed by atoms with Crippen LogP contribution in [-0.4, -0.2) is 19.1 Å². The number of hydrogen-bond acceptors (Lipinski definition) is 2. The van der Waals surface area contributed by atoms with Gasteiger partial charge in [-0.1, -0.05) is 25.4 Å². The number of ether oxygens (including phenoxy) is 1. The van der Waals surface area contributed by atoms with Crippen LogP contribution in [0.4, 0.5) is 0 Å². The van der Waals surface area contributed by atoms with Crippen molar-refractivity contribution in [2.45, 2.75) is 39.2 Å². The van der Waals surface area contributed by atoms with E-state index in [0.717, 1.165) is 19.3 Å². The first kappa shape index (κ1) is 14.2. The van der Waals surface area contributed by atoms with Crippen molar-refractivity contribution in [1.82, 2.24) is 5.32 Å². The summed E-state index contributed by atoms with van der Waals surface area (Å²) >= 11 is 5.94. The van der Waals surface area contributed by atoms with Gasteiger partial charge in [0.2, 0.25) is 0 Å². The second-order valence-corrected chi connectivity index (χ2v) is 6.36. The summed E-state index contributed by atoms with van der Waals surface area (Å²) in [6, 6.07) is 5.33. The number of hydrogen-bond donors (Lipinski definition) is 1. The molecule has 0 spiro atoms. The molecule has 19 heavy (non-hydrogen) atoms. The van der Waals surface area contributed by atoms with E-state index in [2.05, 4.69) is 19.2 Å². The van der Waals surface area contributed by atoms with Crippen LogP contribution >= 0.6 is 11.6 Å². The van der Waals surface area contributed by atoms with Gasteiger partial charge in [0.15, 0.2) is 0 Å². The lowest BCUT2D eigenvalue weighted by Crippen LogP contribution is -2.33. The van der Waals surface area contributed by atoms with E-state index in [0.29, 0.717) is 21.8 Å². The Morgan fingerprint density at radius 3 is 2.79 bits per heavy atom. The Labute approximate surface area is 119 Å². The zero-order valence-corrected chi connectivity index (χ0v) is 12.4. The lowest BCUT2D eigenvalue weighted by Gasteiger charge is -2.18. The van der Waals surface area contributed by atoms with E-state index in [4.69, 9.17) is 16.3 Å². The van der Waals surface area contributed by atoms with Crippen LogP contribution < -0.4 is 10.1 Å². The number of nitrogens with one attached hydrogen (secondary N) is 1. The Morgan fingerprint density at radius 2 is 2.21 bits per heavy atom. The van der Waals surface area contributed by atoms with Crippen molar-refractivity contribution in [3.63, 3.8) is 0 Å². The summed E-state index contributed by atoms with van der Waals surface area (Å²) in [5.41, 5.74) is 0.816. The van der Waals surface area contributed by atoms with Crippen molar-refractivity contribution in [2.24, 2.45) is 5.41 Å². The molecule has 1 fully saturated rings. The minimum atomic E-state index is -0.109. The van der Waals surface area contributed by atoms with E-state index in [1.165, 1.54) is 0 Å². The first-order chi connectivity index (χ1) is 8.91. The lowest BCUT2D eigenvalue weighted by molar-refractivity contribution is 0.0933. The molecule has 1 unspecified atom stereocenters. The van der Waals surface area contributed by atoms with E-state index in [-0.39, 0.29) is 11.9 Å². The maximum atomic E-state index is 12.3. The topological polar surface area (TPSA) is 38.3 Å². The molecule has 1 aromatic carbocycles. The molecule has 1 amide bonds. The molecule has 0 aromatic heterocycles. The molecule has 3 nitrogen and oxygen atoms in total. The number of methoxy groups -OCH3 is 1. The third-order valence-corrected chi connectivity index (χ3v) is 3.95. The van der Waals surface area contributed by atoms with E-state index < -0.39 is 0 Å². The number of carbonyl (C=O) groups is 1. The highest BCUT2D eigenvalue weighted by Crippen LogP contribution is 2.37. The summed E-state index contributed by atoms with van der Waals surface area (Å²) in [5, 5.41) is 3.61. The van der Waals surface area contributed by atoms with Crippen LogP contribution in [0.1, 0.15) is 43.5 Å². The van der Waals surface area contributed by atoms with Crippen LogP contribution in [-0.2, 0) is 0 Å². The summed E-state index contributed by atoms with van der Waals surface area (Å²) < 4.78 is 5.21. The molecule has 1 N–H and O–H groups in total. The first-order valence-electron chi connectivity index (χ1n) is 6.56. The maximum Gasteiger partial charge on any atom is 0.255 e. The van der Waals surface area contributed by atoms with Gasteiger partial charge in [0.1, 0.15) is 5.75 Å². The van der Waals surface area contributed by atoms with Gasteiger partial charge >= 0.3 is 0 Å². The molecule has 1 saturated carbocycles. The first-order valence-corrected chi connectivity index (χ1v) is 6.93. The SMILES string of the molecule is COc1ccc(Cl)cc1C(=O)NC1CCC(C)(C)C1. The van der Waals surface area contributed by atoms with Crippen LogP contribution in [0.25, 0.3) is 0 Å². The van der Waals surface area contributed by atoms with E-state index in [1.54, 1.807) is 25.3 Å². The summed E-state index contributed by atoms with van der Waals surface area (Å²) in [6.45, 7) is 4.47. The van der Waals surface area contributed by atoms with Crippen molar-refractivity contribution in [3.05, 3.63) is 28.8 Å². The van der Waals surface area contributed by atoms with E-state index in [9.17, 15) is 4.79 Å². The van der Waals surface area contributed by atoms with Gasteiger partial charge in [-0.15, -0.1) is 0 Å². The van der Waals surface area contributed by atoms with Gasteiger partial charge in [-0.3, -0.25) is 4.79 Å². The summed E-state index contributed by atoms with van der Waals surface area (Å²) in [7, 11) is 1.55. The Balaban J connectivity index is 2.10. The Kier molecular flexibility index (Phi) is 4.04. The molecule has 0 radical (unpaired) electrons. The minimum absolute atomic E-state index is 0.109. The normalized spacial score (nSPS) is 21.2. The summed E-state index contributed by atoms with van der Waals surface area (Å²) in [5.74, 6) is 0.446. The Bertz CT molecular complexity index is 485. The fourth-order valence-electron chi connectivity index (χ4n) is 2.68. The molecule has 4 heteroatoms. The molecule has 1 aromatic rings. The van der Waals surface area contributed by atoms with Gasteiger partial charge in [0.05, 0.1) is 12.7 Å². The van der Waals surface area contributed by atoms with Crippen molar-refractivity contribution < 1.29 is 9.53 Å². The molecule has 104 valence electrons. The number of amides is 1. The fourth-order valence-corrected chi connectivity index (χ4v) is 2.85. The van der Waals surface area contributed by atoms with Gasteiger partial charge < -0.3 is 10.1 Å². The summed E-state index contributed by atoms with van der Waals surface area (Å²) in [4.78, 5) is 12.3. The van der Waals surface area contributed by atoms with Gasteiger partial charge in [-0.2, -0.15) is 0 Å². The van der Waals surface area contributed by atoms with Crippen LogP contribution in [0.2, 0.25) is 5.02 Å². The Morgan fingerprint density at radius 1 is 1.47 bits per heavy atom. The third-order valence-electron chi connectivity index (χ3n) is 3.71. The third kappa shape index (κ3) is 3.41. The van der Waals surface area contributed by atoms with Crippen molar-refractivity contribution in [3.8, 4) is 5.75 Å². The van der Waals surface area contributed by atoms with Crippen LogP contribution in [0.15, 0.2) is 18.2 Å². The maximum absolute atomic E-state index is 12.3. The number of benzene rings is 1. The standard InChI is InChI=1S/C15H20ClNO2/c1-15(2)7-6-11(9-15)17-14(18)12-8-10(16)4-5-13(12)19-3/h4-5,8,11H,6-7,9H2,1-3H3,(H,17,18). The number of rotatable bonds is 3. The second-order valence-electron chi connectivity index (χ2n) is 5.92. The molecule has 0 aliphatic heterocycles. The van der Waals surface area contributed by atoms with Gasteiger partial charge in [0, 0.05) is 11.1 Å². The predicted octanol–water partition coefficient (Wildman–Crippen LogP) is 3.66. The molecule has 1 atom stereocenters. The van der Waals surface area contributed by atoms with Crippen LogP contribution in [0, 0.1) is 5.41 Å². The molecular formula is C15H20ClNO2. The average Bonchev–Trinajstić information content (AvgIpc) is 2.68. The quantitative estimate of drug-likeness (QED) is 0.918. The van der Waals surface area contributed by atoms with Gasteiger partial charge in [-0.25, -0.2) is 0 Å². The highest BCUT2D eigenvalue weighted by Gasteiger charge is 2.32. The molecule has 0 heterocycles. The van der Waals surface area contributed by atoms with Crippen molar-refractivity contribution in [2.75, 3.05) is 7.11 Å². The predicted molar refractivity (Wildman–Crippen MR) is 76.9 cm³/mol. The Hall–Kier alpha value is -1.22. The van der Waals surface area contributed by atoms with Gasteiger partial charge in [0.25, 0.3) is 5.91 Å². The monoisotopic (exact) mass is 281 g/mol. The molecule has 1 aliphatic rings. The zero-order chi connectivity index (χ0) is 14.0. The minimum Gasteiger partial charge on any atom is -0.496 e. The number of halogens is 1. The zero-order valence-electron chi connectivity index (χ0n) is 11.6. The second kappa shape index (κ2) is 5.41. The largest absolute Gasteiger partial charge is 0.496 e. The van der Waals surface area contributed by atoms with Crippen LogP contribution in [0.3, 0.4) is 0 Å². The van der Waals surface area contributed by atoms with Gasteiger partial charge in [-0.05, 0) is 42.9 Å². The van der Waals surface area contributed by atoms with Crippen molar-refractivity contribution in [1.29, 1.82) is 0 Å². The average molecular weight is 282 g/mol. The highest BCUT2D eigenvalue weighted by atomic mass is 35.5.